The number of furan rings is 1. The van der Waals surface area contributed by atoms with Crippen LogP contribution in [0.15, 0.2) is 39.5 Å². The highest BCUT2D eigenvalue weighted by Gasteiger charge is 2.61. The Kier molecular flexibility index (Phi) is 5.05. The van der Waals surface area contributed by atoms with Gasteiger partial charge in [-0.3, -0.25) is 4.79 Å². The molecule has 1 aromatic rings. The van der Waals surface area contributed by atoms with Crippen molar-refractivity contribution in [1.29, 1.82) is 0 Å². The van der Waals surface area contributed by atoms with Crippen LogP contribution in [0.3, 0.4) is 0 Å². The van der Waals surface area contributed by atoms with E-state index in [4.69, 9.17) is 38.8 Å². The van der Waals surface area contributed by atoms with Crippen LogP contribution in [-0.4, -0.2) is 12.1 Å². The van der Waals surface area contributed by atoms with Crippen molar-refractivity contribution in [2.45, 2.75) is 20.0 Å². The summed E-state index contributed by atoms with van der Waals surface area (Å²) >= 11 is 11.3. The van der Waals surface area contributed by atoms with Gasteiger partial charge in [-0.05, 0) is 41.7 Å². The summed E-state index contributed by atoms with van der Waals surface area (Å²) in [5.74, 6) is 2.36. The van der Waals surface area contributed by atoms with E-state index < -0.39 is 6.10 Å². The quantitative estimate of drug-likeness (QED) is 0.588. The molecule has 3 nitrogen and oxygen atoms in total. The molecule has 1 aliphatic rings. The Morgan fingerprint density at radius 2 is 2.27 bits per heavy atom. The normalized spacial score (nSPS) is 23.6. The van der Waals surface area contributed by atoms with Crippen LogP contribution in [0.5, 0.6) is 0 Å². The summed E-state index contributed by atoms with van der Waals surface area (Å²) in [5, 5.41) is 0. The first-order valence-electron chi connectivity index (χ1n) is 6.77. The molecule has 3 unspecified atom stereocenters. The third kappa shape index (κ3) is 3.76. The van der Waals surface area contributed by atoms with Crippen molar-refractivity contribution in [3.8, 4) is 12.3 Å². The highest BCUT2D eigenvalue weighted by molar-refractivity contribution is 6.55. The first kappa shape index (κ1) is 16.7. The molecule has 0 aromatic carbocycles. The van der Waals surface area contributed by atoms with Gasteiger partial charge >= 0.3 is 5.97 Å². The maximum absolute atomic E-state index is 12.3. The van der Waals surface area contributed by atoms with Crippen molar-refractivity contribution in [2.75, 3.05) is 0 Å². The average molecular weight is 339 g/mol. The topological polar surface area (TPSA) is 39.4 Å². The first-order chi connectivity index (χ1) is 10.4. The largest absolute Gasteiger partial charge is 0.465 e. The van der Waals surface area contributed by atoms with E-state index in [-0.39, 0.29) is 27.7 Å². The molecular weight excluding hydrogens is 323 g/mol. The minimum Gasteiger partial charge on any atom is -0.465 e. The molecule has 116 valence electrons. The summed E-state index contributed by atoms with van der Waals surface area (Å²) in [6.45, 7) is 3.92. The highest BCUT2D eigenvalue weighted by atomic mass is 35.5. The van der Waals surface area contributed by atoms with E-state index >= 15 is 0 Å². The van der Waals surface area contributed by atoms with Gasteiger partial charge in [0.25, 0.3) is 0 Å². The summed E-state index contributed by atoms with van der Waals surface area (Å²) in [5.41, 5.74) is -0.240. The lowest BCUT2D eigenvalue weighted by Gasteiger charge is -2.09. The van der Waals surface area contributed by atoms with Crippen LogP contribution < -0.4 is 0 Å². The number of terminal acetylenes is 1. The number of halogens is 2. The number of hydrogen-bond donors (Lipinski definition) is 0. The number of esters is 1. The zero-order valence-electron chi connectivity index (χ0n) is 12.3. The number of allylic oxidation sites excluding steroid dienone is 1. The molecule has 0 bridgehead atoms. The van der Waals surface area contributed by atoms with Crippen LogP contribution in [0.1, 0.15) is 19.6 Å². The molecule has 1 aromatic heterocycles. The molecule has 1 saturated carbocycles. The molecule has 0 aliphatic heterocycles. The molecule has 1 aliphatic carbocycles. The summed E-state index contributed by atoms with van der Waals surface area (Å²) in [6, 6.07) is 3.54. The fraction of sp³-hybridized carbons (Fsp3) is 0.353. The number of carbonyl (C=O) groups is 1. The van der Waals surface area contributed by atoms with Crippen LogP contribution in [0, 0.1) is 29.6 Å². The fourth-order valence-electron chi connectivity index (χ4n) is 2.47. The van der Waals surface area contributed by atoms with E-state index in [1.165, 1.54) is 0 Å². The van der Waals surface area contributed by atoms with Crippen molar-refractivity contribution in [3.63, 3.8) is 0 Å². The monoisotopic (exact) mass is 338 g/mol. The molecule has 0 saturated heterocycles. The minimum absolute atomic E-state index is 0.0440. The van der Waals surface area contributed by atoms with Crippen LogP contribution in [0.2, 0.25) is 0 Å². The minimum atomic E-state index is -0.745. The van der Waals surface area contributed by atoms with Gasteiger partial charge < -0.3 is 9.15 Å². The highest BCUT2D eigenvalue weighted by Crippen LogP contribution is 2.60. The molecule has 5 heteroatoms. The second-order valence-corrected chi connectivity index (χ2v) is 6.69. The van der Waals surface area contributed by atoms with Crippen molar-refractivity contribution in [2.24, 2.45) is 17.3 Å². The molecule has 2 rings (SSSR count). The van der Waals surface area contributed by atoms with Crippen molar-refractivity contribution < 1.29 is 13.9 Å². The lowest BCUT2D eigenvalue weighted by Crippen LogP contribution is -2.17. The van der Waals surface area contributed by atoms with Crippen LogP contribution in [0.25, 0.3) is 6.08 Å². The zero-order valence-corrected chi connectivity index (χ0v) is 13.8. The Hall–Kier alpha value is -1.63. The van der Waals surface area contributed by atoms with E-state index in [2.05, 4.69) is 5.92 Å². The number of carbonyl (C=O) groups excluding carboxylic acids is 1. The van der Waals surface area contributed by atoms with E-state index in [0.29, 0.717) is 5.76 Å². The number of hydrogen-bond acceptors (Lipinski definition) is 3. The summed E-state index contributed by atoms with van der Waals surface area (Å²) in [6.07, 6.45) is 11.1. The molecule has 22 heavy (non-hydrogen) atoms. The second-order valence-electron chi connectivity index (χ2n) is 5.68. The summed E-state index contributed by atoms with van der Waals surface area (Å²) in [7, 11) is 0. The van der Waals surface area contributed by atoms with Crippen LogP contribution in [0.4, 0.5) is 0 Å². The predicted molar refractivity (Wildman–Crippen MR) is 87.0 cm³/mol. The van der Waals surface area contributed by atoms with Gasteiger partial charge in [-0.1, -0.05) is 43.0 Å². The van der Waals surface area contributed by atoms with Gasteiger partial charge in [0.1, 0.15) is 10.3 Å². The van der Waals surface area contributed by atoms with E-state index in [1.807, 2.05) is 13.8 Å². The Morgan fingerprint density at radius 3 is 2.82 bits per heavy atom. The SMILES string of the molecule is C#CC(C=Cc1ccco1)OC(=O)C1C(C=C(Cl)Cl)C1(C)C. The zero-order chi connectivity index (χ0) is 16.3. The van der Waals surface area contributed by atoms with Crippen molar-refractivity contribution in [1.82, 2.24) is 0 Å². The first-order valence-corrected chi connectivity index (χ1v) is 7.53. The molecule has 0 spiro atoms. The van der Waals surface area contributed by atoms with Gasteiger partial charge in [0, 0.05) is 0 Å². The van der Waals surface area contributed by atoms with Gasteiger partial charge in [-0.25, -0.2) is 0 Å². The maximum atomic E-state index is 12.3. The van der Waals surface area contributed by atoms with E-state index in [0.717, 1.165) is 0 Å². The van der Waals surface area contributed by atoms with Crippen LogP contribution >= 0.6 is 23.2 Å². The standard InChI is InChI=1S/C17H16Cl2O3/c1-4-11(7-8-12-6-5-9-21-12)22-16(20)15-13(10-14(18)19)17(15,2)3/h1,5-11,13,15H,2-3H3. The molecule has 0 amide bonds. The fourth-order valence-corrected chi connectivity index (χ4v) is 2.74. The van der Waals surface area contributed by atoms with Gasteiger partial charge in [-0.15, -0.1) is 6.42 Å². The predicted octanol–water partition coefficient (Wildman–Crippen LogP) is 4.43. The molecule has 0 N–H and O–H groups in total. The maximum Gasteiger partial charge on any atom is 0.311 e. The van der Waals surface area contributed by atoms with E-state index in [9.17, 15) is 4.79 Å². The van der Waals surface area contributed by atoms with Crippen molar-refractivity contribution >= 4 is 35.2 Å². The molecule has 1 heterocycles. The van der Waals surface area contributed by atoms with Crippen LogP contribution in [-0.2, 0) is 9.53 Å². The lowest BCUT2D eigenvalue weighted by molar-refractivity contribution is -0.147. The van der Waals surface area contributed by atoms with Gasteiger partial charge in [0.2, 0.25) is 0 Å². The average Bonchev–Trinajstić information content (AvgIpc) is 2.83. The molecule has 0 radical (unpaired) electrons. The number of rotatable bonds is 5. The third-order valence-corrected chi connectivity index (χ3v) is 4.11. The van der Waals surface area contributed by atoms with E-state index in [1.54, 1.807) is 36.6 Å². The van der Waals surface area contributed by atoms with Gasteiger partial charge in [0.05, 0.1) is 12.2 Å². The summed E-state index contributed by atoms with van der Waals surface area (Å²) < 4.78 is 10.7. The Bertz CT molecular complexity index is 631. The lowest BCUT2D eigenvalue weighted by atomic mass is 10.1. The Labute approximate surface area is 139 Å². The molecular formula is C17H16Cl2O3. The Balaban J connectivity index is 1.99. The van der Waals surface area contributed by atoms with Crippen molar-refractivity contribution in [3.05, 3.63) is 40.8 Å². The summed E-state index contributed by atoms with van der Waals surface area (Å²) in [4.78, 5) is 12.3. The third-order valence-electron chi connectivity index (χ3n) is 3.86. The molecule has 3 atom stereocenters. The molecule has 1 fully saturated rings. The second kappa shape index (κ2) is 6.64. The van der Waals surface area contributed by atoms with Gasteiger partial charge in [0.15, 0.2) is 6.10 Å². The Morgan fingerprint density at radius 1 is 1.55 bits per heavy atom. The number of ether oxygens (including phenoxy) is 1. The smallest absolute Gasteiger partial charge is 0.311 e. The van der Waals surface area contributed by atoms with Gasteiger partial charge in [-0.2, -0.15) is 0 Å².